The second-order valence-electron chi connectivity index (χ2n) is 6.60. The minimum Gasteiger partial charge on any atom is -0.378 e. The van der Waals surface area contributed by atoms with Crippen molar-refractivity contribution in [2.24, 2.45) is 5.41 Å². The molecule has 0 saturated heterocycles. The first kappa shape index (κ1) is 19.0. The van der Waals surface area contributed by atoms with E-state index in [9.17, 15) is 9.59 Å². The fourth-order valence-electron chi connectivity index (χ4n) is 2.20. The van der Waals surface area contributed by atoms with E-state index in [1.54, 1.807) is 25.8 Å². The minimum absolute atomic E-state index is 0.159. The van der Waals surface area contributed by atoms with Crippen LogP contribution in [0.1, 0.15) is 33.6 Å². The number of anilines is 2. The molecule has 1 aromatic rings. The maximum atomic E-state index is 12.5. The summed E-state index contributed by atoms with van der Waals surface area (Å²) in [6, 6.07) is 7.54. The molecule has 1 rings (SSSR count). The van der Waals surface area contributed by atoms with Crippen molar-refractivity contribution >= 4 is 23.2 Å². The number of benzene rings is 1. The van der Waals surface area contributed by atoms with Crippen LogP contribution in [0, 0.1) is 5.41 Å². The third-order valence-electron chi connectivity index (χ3n) is 3.94. The number of hydrogen-bond acceptors (Lipinski definition) is 3. The maximum absolute atomic E-state index is 12.5. The zero-order valence-electron chi connectivity index (χ0n) is 15.1. The van der Waals surface area contributed by atoms with Gasteiger partial charge in [-0.05, 0) is 44.5 Å². The highest BCUT2D eigenvalue weighted by atomic mass is 16.2. The van der Waals surface area contributed by atoms with Gasteiger partial charge in [0.15, 0.2) is 0 Å². The summed E-state index contributed by atoms with van der Waals surface area (Å²) in [5.74, 6) is -0.447. The summed E-state index contributed by atoms with van der Waals surface area (Å²) in [6.45, 7) is 6.08. The molecule has 0 radical (unpaired) electrons. The van der Waals surface area contributed by atoms with E-state index in [2.05, 4.69) is 12.2 Å². The van der Waals surface area contributed by atoms with Crippen molar-refractivity contribution in [2.45, 2.75) is 33.6 Å². The Hall–Kier alpha value is -2.04. The lowest BCUT2D eigenvalue weighted by Gasteiger charge is -2.28. The van der Waals surface area contributed by atoms with Crippen LogP contribution in [0.15, 0.2) is 24.3 Å². The molecule has 0 aliphatic carbocycles. The standard InChI is InChI=1S/C18H29N3O2/c1-7-8-13-21(6)17(23)18(2,3)16(22)19-14-9-11-15(12-10-14)20(4)5/h9-12H,7-8,13H2,1-6H3,(H,19,22). The number of amides is 2. The molecule has 0 aliphatic heterocycles. The van der Waals surface area contributed by atoms with Crippen molar-refractivity contribution in [2.75, 3.05) is 37.9 Å². The van der Waals surface area contributed by atoms with Gasteiger partial charge in [-0.1, -0.05) is 13.3 Å². The van der Waals surface area contributed by atoms with Crippen LogP contribution in [0.5, 0.6) is 0 Å². The lowest BCUT2D eigenvalue weighted by molar-refractivity contribution is -0.145. The van der Waals surface area contributed by atoms with Gasteiger partial charge in [0.2, 0.25) is 11.8 Å². The van der Waals surface area contributed by atoms with E-state index in [4.69, 9.17) is 0 Å². The van der Waals surface area contributed by atoms with E-state index < -0.39 is 5.41 Å². The lowest BCUT2D eigenvalue weighted by Crippen LogP contribution is -2.46. The van der Waals surface area contributed by atoms with Crippen LogP contribution < -0.4 is 10.2 Å². The van der Waals surface area contributed by atoms with Gasteiger partial charge < -0.3 is 15.1 Å². The molecule has 1 aromatic carbocycles. The fraction of sp³-hybridized carbons (Fsp3) is 0.556. The van der Waals surface area contributed by atoms with Gasteiger partial charge in [0.05, 0.1) is 0 Å². The zero-order valence-corrected chi connectivity index (χ0v) is 15.1. The van der Waals surface area contributed by atoms with Gasteiger partial charge in [0.25, 0.3) is 0 Å². The van der Waals surface area contributed by atoms with Crippen molar-refractivity contribution in [1.82, 2.24) is 4.90 Å². The SMILES string of the molecule is CCCCN(C)C(=O)C(C)(C)C(=O)Nc1ccc(N(C)C)cc1. The van der Waals surface area contributed by atoms with E-state index in [0.29, 0.717) is 12.2 Å². The third-order valence-corrected chi connectivity index (χ3v) is 3.94. The largest absolute Gasteiger partial charge is 0.378 e. The van der Waals surface area contributed by atoms with Crippen LogP contribution >= 0.6 is 0 Å². The van der Waals surface area contributed by atoms with E-state index in [0.717, 1.165) is 18.5 Å². The van der Waals surface area contributed by atoms with Crippen molar-refractivity contribution in [3.05, 3.63) is 24.3 Å². The fourth-order valence-corrected chi connectivity index (χ4v) is 2.20. The van der Waals surface area contributed by atoms with Crippen LogP contribution in [0.2, 0.25) is 0 Å². The molecule has 2 amide bonds. The Morgan fingerprint density at radius 2 is 1.65 bits per heavy atom. The monoisotopic (exact) mass is 319 g/mol. The van der Waals surface area contributed by atoms with Gasteiger partial charge in [0, 0.05) is 39.1 Å². The molecule has 0 atom stereocenters. The molecule has 5 heteroatoms. The summed E-state index contributed by atoms with van der Waals surface area (Å²) >= 11 is 0. The van der Waals surface area contributed by atoms with Crippen molar-refractivity contribution in [1.29, 1.82) is 0 Å². The molecule has 5 nitrogen and oxygen atoms in total. The van der Waals surface area contributed by atoms with Crippen LogP contribution in [-0.2, 0) is 9.59 Å². The van der Waals surface area contributed by atoms with E-state index in [1.165, 1.54) is 0 Å². The van der Waals surface area contributed by atoms with Gasteiger partial charge in [-0.25, -0.2) is 0 Å². The number of carbonyl (C=O) groups is 2. The zero-order chi connectivity index (χ0) is 17.6. The molecule has 0 spiro atoms. The Morgan fingerprint density at radius 1 is 1.09 bits per heavy atom. The Bertz CT molecular complexity index is 536. The quantitative estimate of drug-likeness (QED) is 0.786. The van der Waals surface area contributed by atoms with Crippen LogP contribution in [0.3, 0.4) is 0 Å². The summed E-state index contributed by atoms with van der Waals surface area (Å²) in [4.78, 5) is 28.6. The molecule has 0 heterocycles. The molecule has 0 saturated carbocycles. The number of nitrogens with zero attached hydrogens (tertiary/aromatic N) is 2. The number of hydrogen-bond donors (Lipinski definition) is 1. The maximum Gasteiger partial charge on any atom is 0.239 e. The Labute approximate surface area is 139 Å². The van der Waals surface area contributed by atoms with Gasteiger partial charge in [-0.2, -0.15) is 0 Å². The Morgan fingerprint density at radius 3 is 2.13 bits per heavy atom. The number of unbranched alkanes of at least 4 members (excludes halogenated alkanes) is 1. The van der Waals surface area contributed by atoms with Crippen LogP contribution in [0.4, 0.5) is 11.4 Å². The van der Waals surface area contributed by atoms with E-state index in [1.807, 2.05) is 43.3 Å². The van der Waals surface area contributed by atoms with Crippen LogP contribution in [-0.4, -0.2) is 44.4 Å². The molecule has 0 aliphatic rings. The highest BCUT2D eigenvalue weighted by Gasteiger charge is 2.38. The Balaban J connectivity index is 2.76. The first-order valence-corrected chi connectivity index (χ1v) is 8.04. The molecule has 128 valence electrons. The molecule has 0 fully saturated rings. The summed E-state index contributed by atoms with van der Waals surface area (Å²) in [6.07, 6.45) is 1.95. The highest BCUT2D eigenvalue weighted by Crippen LogP contribution is 2.23. The average molecular weight is 319 g/mol. The second kappa shape index (κ2) is 7.99. The van der Waals surface area contributed by atoms with Crippen LogP contribution in [0.25, 0.3) is 0 Å². The molecular formula is C18H29N3O2. The predicted octanol–water partition coefficient (Wildman–Crippen LogP) is 2.98. The van der Waals surface area contributed by atoms with Crippen molar-refractivity contribution in [3.8, 4) is 0 Å². The molecular weight excluding hydrogens is 290 g/mol. The summed E-state index contributed by atoms with van der Waals surface area (Å²) in [5.41, 5.74) is 0.651. The van der Waals surface area contributed by atoms with Crippen molar-refractivity contribution < 1.29 is 9.59 Å². The molecule has 0 unspecified atom stereocenters. The summed E-state index contributed by atoms with van der Waals surface area (Å²) in [5, 5.41) is 2.84. The van der Waals surface area contributed by atoms with E-state index >= 15 is 0 Å². The minimum atomic E-state index is -1.09. The number of nitrogens with one attached hydrogen (secondary N) is 1. The van der Waals surface area contributed by atoms with Gasteiger partial charge >= 0.3 is 0 Å². The molecule has 0 aromatic heterocycles. The summed E-state index contributed by atoms with van der Waals surface area (Å²) < 4.78 is 0. The molecule has 23 heavy (non-hydrogen) atoms. The first-order chi connectivity index (χ1) is 10.7. The van der Waals surface area contributed by atoms with Gasteiger partial charge in [-0.15, -0.1) is 0 Å². The number of rotatable bonds is 7. The smallest absolute Gasteiger partial charge is 0.239 e. The summed E-state index contributed by atoms with van der Waals surface area (Å²) in [7, 11) is 5.67. The van der Waals surface area contributed by atoms with E-state index in [-0.39, 0.29) is 11.8 Å². The number of carbonyl (C=O) groups excluding carboxylic acids is 2. The topological polar surface area (TPSA) is 52.7 Å². The molecule has 1 N–H and O–H groups in total. The van der Waals surface area contributed by atoms with Gasteiger partial charge in [-0.3, -0.25) is 9.59 Å². The third kappa shape index (κ3) is 4.98. The van der Waals surface area contributed by atoms with Crippen molar-refractivity contribution in [3.63, 3.8) is 0 Å². The van der Waals surface area contributed by atoms with Gasteiger partial charge in [0.1, 0.15) is 5.41 Å². The second-order valence-corrected chi connectivity index (χ2v) is 6.60. The lowest BCUT2D eigenvalue weighted by atomic mass is 9.90. The average Bonchev–Trinajstić information content (AvgIpc) is 2.52. The first-order valence-electron chi connectivity index (χ1n) is 8.04. The predicted molar refractivity (Wildman–Crippen MR) is 95.7 cm³/mol. The Kier molecular flexibility index (Phi) is 6.61. The normalized spacial score (nSPS) is 11.0. The molecule has 0 bridgehead atoms. The highest BCUT2D eigenvalue weighted by molar-refractivity contribution is 6.09.